The highest BCUT2D eigenvalue weighted by molar-refractivity contribution is 7.89. The first-order valence-corrected chi connectivity index (χ1v) is 10.2. The molecule has 1 amide bonds. The number of aliphatic hydroxyl groups is 1. The van der Waals surface area contributed by atoms with Crippen molar-refractivity contribution in [1.29, 1.82) is 0 Å². The number of benzene rings is 1. The van der Waals surface area contributed by atoms with Gasteiger partial charge >= 0.3 is 0 Å². The van der Waals surface area contributed by atoms with E-state index in [9.17, 15) is 13.2 Å². The minimum Gasteiger partial charge on any atom is -0.396 e. The van der Waals surface area contributed by atoms with Crippen LogP contribution in [0.3, 0.4) is 0 Å². The van der Waals surface area contributed by atoms with Gasteiger partial charge in [-0.2, -0.15) is 4.31 Å². The summed E-state index contributed by atoms with van der Waals surface area (Å²) >= 11 is 0. The van der Waals surface area contributed by atoms with Crippen molar-refractivity contribution in [3.8, 4) is 0 Å². The number of nitrogens with zero attached hydrogens (tertiary/aromatic N) is 1. The van der Waals surface area contributed by atoms with Crippen LogP contribution >= 0.6 is 0 Å². The highest BCUT2D eigenvalue weighted by Crippen LogP contribution is 2.28. The molecule has 1 aromatic rings. The number of nitrogens with one attached hydrogen (secondary N) is 1. The average molecular weight is 368 g/mol. The number of carbonyl (C=O) groups is 1. The Morgan fingerprint density at radius 1 is 1.28 bits per heavy atom. The van der Waals surface area contributed by atoms with E-state index >= 15 is 0 Å². The van der Waals surface area contributed by atoms with Crippen LogP contribution in [0, 0.1) is 19.8 Å². The third kappa shape index (κ3) is 4.59. The van der Waals surface area contributed by atoms with Crippen molar-refractivity contribution in [3.05, 3.63) is 28.8 Å². The molecule has 0 aliphatic carbocycles. The van der Waals surface area contributed by atoms with Gasteiger partial charge in [0.1, 0.15) is 0 Å². The number of piperidine rings is 1. The molecule has 2 rings (SSSR count). The summed E-state index contributed by atoms with van der Waals surface area (Å²) in [5.74, 6) is 0.221. The van der Waals surface area contributed by atoms with Gasteiger partial charge in [0.25, 0.3) is 5.91 Å². The van der Waals surface area contributed by atoms with Gasteiger partial charge in [-0.15, -0.1) is 0 Å². The smallest absolute Gasteiger partial charge is 0.251 e. The van der Waals surface area contributed by atoms with Crippen LogP contribution in [0.1, 0.15) is 47.7 Å². The first-order chi connectivity index (χ1) is 11.8. The fourth-order valence-electron chi connectivity index (χ4n) is 2.97. The van der Waals surface area contributed by atoms with Crippen LogP contribution in [0.5, 0.6) is 0 Å². The zero-order chi connectivity index (χ0) is 18.6. The molecule has 1 fully saturated rings. The van der Waals surface area contributed by atoms with E-state index in [1.54, 1.807) is 13.0 Å². The highest BCUT2D eigenvalue weighted by Gasteiger charge is 2.30. The van der Waals surface area contributed by atoms with E-state index in [1.807, 2.05) is 6.92 Å². The van der Waals surface area contributed by atoms with Crippen molar-refractivity contribution < 1.29 is 18.3 Å². The molecule has 7 heteroatoms. The maximum atomic E-state index is 13.1. The Hall–Kier alpha value is -1.44. The molecule has 0 bridgehead atoms. The van der Waals surface area contributed by atoms with Crippen LogP contribution in [0.2, 0.25) is 0 Å². The SMILES string of the molecule is Cc1cc(C(=O)NCCCO)cc(S(=O)(=O)N2CCC(C)CC2)c1C. The lowest BCUT2D eigenvalue weighted by molar-refractivity contribution is 0.0951. The summed E-state index contributed by atoms with van der Waals surface area (Å²) in [6.07, 6.45) is 2.19. The lowest BCUT2D eigenvalue weighted by atomic mass is 10.0. The van der Waals surface area contributed by atoms with Crippen molar-refractivity contribution in [1.82, 2.24) is 9.62 Å². The number of amides is 1. The summed E-state index contributed by atoms with van der Waals surface area (Å²) < 4.78 is 27.7. The Bertz CT molecular complexity index is 723. The Kier molecular flexibility index (Phi) is 6.59. The van der Waals surface area contributed by atoms with Crippen molar-refractivity contribution in [2.45, 2.75) is 44.9 Å². The molecule has 0 saturated carbocycles. The van der Waals surface area contributed by atoms with E-state index in [2.05, 4.69) is 12.2 Å². The van der Waals surface area contributed by atoms with Crippen molar-refractivity contribution in [2.24, 2.45) is 5.92 Å². The summed E-state index contributed by atoms with van der Waals surface area (Å²) in [6.45, 7) is 7.13. The Labute approximate surface area is 150 Å². The first-order valence-electron chi connectivity index (χ1n) is 8.77. The normalized spacial score (nSPS) is 16.8. The molecule has 0 radical (unpaired) electrons. The molecule has 140 valence electrons. The standard InChI is InChI=1S/C18H28N2O4S/c1-13-5-8-20(9-6-13)25(23,24)17-12-16(11-14(2)15(17)3)18(22)19-7-4-10-21/h11-13,21H,4-10H2,1-3H3,(H,19,22). The largest absolute Gasteiger partial charge is 0.396 e. The summed E-state index contributed by atoms with van der Waals surface area (Å²) in [6, 6.07) is 3.19. The topological polar surface area (TPSA) is 86.7 Å². The van der Waals surface area contributed by atoms with Crippen molar-refractivity contribution in [3.63, 3.8) is 0 Å². The van der Waals surface area contributed by atoms with E-state index in [0.29, 0.717) is 43.1 Å². The Morgan fingerprint density at radius 2 is 1.92 bits per heavy atom. The van der Waals surface area contributed by atoms with E-state index in [-0.39, 0.29) is 17.4 Å². The molecule has 0 aromatic heterocycles. The third-order valence-electron chi connectivity index (χ3n) is 4.86. The molecule has 1 saturated heterocycles. The number of carbonyl (C=O) groups excluding carboxylic acids is 1. The molecule has 1 aliphatic rings. The van der Waals surface area contributed by atoms with Gasteiger partial charge in [0.15, 0.2) is 0 Å². The van der Waals surface area contributed by atoms with Crippen LogP contribution < -0.4 is 5.32 Å². The van der Waals surface area contributed by atoms with Gasteiger partial charge in [0.05, 0.1) is 4.90 Å². The average Bonchev–Trinajstić information content (AvgIpc) is 2.57. The van der Waals surface area contributed by atoms with Gasteiger partial charge in [-0.25, -0.2) is 8.42 Å². The number of aliphatic hydroxyl groups excluding tert-OH is 1. The second kappa shape index (κ2) is 8.29. The maximum Gasteiger partial charge on any atom is 0.251 e. The van der Waals surface area contributed by atoms with Crippen LogP contribution in [-0.2, 0) is 10.0 Å². The van der Waals surface area contributed by atoms with Gasteiger partial charge < -0.3 is 10.4 Å². The second-order valence-corrected chi connectivity index (χ2v) is 8.74. The maximum absolute atomic E-state index is 13.1. The minimum atomic E-state index is -3.61. The summed E-state index contributed by atoms with van der Waals surface area (Å²) in [5.41, 5.74) is 1.80. The molecule has 2 N–H and O–H groups in total. The number of hydrogen-bond acceptors (Lipinski definition) is 4. The Balaban J connectivity index is 2.32. The fraction of sp³-hybridized carbons (Fsp3) is 0.611. The van der Waals surface area contributed by atoms with Gasteiger partial charge in [-0.3, -0.25) is 4.79 Å². The van der Waals surface area contributed by atoms with E-state index in [4.69, 9.17) is 5.11 Å². The predicted octanol–water partition coefficient (Wildman–Crippen LogP) is 1.84. The second-order valence-electron chi connectivity index (χ2n) is 6.84. The fourth-order valence-corrected chi connectivity index (χ4v) is 4.77. The molecule has 6 nitrogen and oxygen atoms in total. The van der Waals surface area contributed by atoms with Crippen LogP contribution in [0.25, 0.3) is 0 Å². The van der Waals surface area contributed by atoms with E-state index < -0.39 is 10.0 Å². The summed E-state index contributed by atoms with van der Waals surface area (Å²) in [5, 5.41) is 11.5. The Morgan fingerprint density at radius 3 is 2.52 bits per heavy atom. The zero-order valence-electron chi connectivity index (χ0n) is 15.2. The summed E-state index contributed by atoms with van der Waals surface area (Å²) in [4.78, 5) is 12.5. The molecule has 0 atom stereocenters. The lowest BCUT2D eigenvalue weighted by Crippen LogP contribution is -2.38. The molecule has 0 unspecified atom stereocenters. The van der Waals surface area contributed by atoms with Crippen LogP contribution in [0.15, 0.2) is 17.0 Å². The zero-order valence-corrected chi connectivity index (χ0v) is 16.0. The molecule has 1 aliphatic heterocycles. The van der Waals surface area contributed by atoms with Gasteiger partial charge in [-0.1, -0.05) is 6.92 Å². The van der Waals surface area contributed by atoms with E-state index in [0.717, 1.165) is 18.4 Å². The van der Waals surface area contributed by atoms with E-state index in [1.165, 1.54) is 10.4 Å². The molecule has 25 heavy (non-hydrogen) atoms. The quantitative estimate of drug-likeness (QED) is 0.750. The molecular formula is C18H28N2O4S. The van der Waals surface area contributed by atoms with Crippen LogP contribution in [-0.4, -0.2) is 50.0 Å². The number of sulfonamides is 1. The lowest BCUT2D eigenvalue weighted by Gasteiger charge is -2.30. The minimum absolute atomic E-state index is 0.000216. The molecule has 1 heterocycles. The molecule has 0 spiro atoms. The van der Waals surface area contributed by atoms with Gasteiger partial charge in [0.2, 0.25) is 10.0 Å². The van der Waals surface area contributed by atoms with Crippen molar-refractivity contribution in [2.75, 3.05) is 26.2 Å². The van der Waals surface area contributed by atoms with Crippen LogP contribution in [0.4, 0.5) is 0 Å². The molecular weight excluding hydrogens is 340 g/mol. The first kappa shape index (κ1) is 19.9. The number of rotatable bonds is 6. The summed E-state index contributed by atoms with van der Waals surface area (Å²) in [7, 11) is -3.61. The highest BCUT2D eigenvalue weighted by atomic mass is 32.2. The molecule has 1 aromatic carbocycles. The van der Waals surface area contributed by atoms with Gasteiger partial charge in [-0.05, 0) is 62.3 Å². The monoisotopic (exact) mass is 368 g/mol. The van der Waals surface area contributed by atoms with Crippen molar-refractivity contribution >= 4 is 15.9 Å². The third-order valence-corrected chi connectivity index (χ3v) is 6.89. The number of aryl methyl sites for hydroxylation is 1. The predicted molar refractivity (Wildman–Crippen MR) is 97.1 cm³/mol. The number of hydrogen-bond donors (Lipinski definition) is 2. The van der Waals surface area contributed by atoms with Gasteiger partial charge in [0, 0.05) is 31.8 Å².